The van der Waals surface area contributed by atoms with Gasteiger partial charge in [-0.25, -0.2) is 14.4 Å². The van der Waals surface area contributed by atoms with Crippen LogP contribution in [0.4, 0.5) is 4.39 Å². The van der Waals surface area contributed by atoms with E-state index < -0.39 is 11.4 Å². The third kappa shape index (κ3) is 3.38. The van der Waals surface area contributed by atoms with Crippen molar-refractivity contribution in [3.8, 4) is 23.0 Å². The number of fused-ring (bicyclic) bond motifs is 1. The summed E-state index contributed by atoms with van der Waals surface area (Å²) in [7, 11) is 0. The Morgan fingerprint density at radius 2 is 2.00 bits per heavy atom. The fourth-order valence-corrected chi connectivity index (χ4v) is 4.05. The summed E-state index contributed by atoms with van der Waals surface area (Å²) in [6.45, 7) is 4.05. The molecule has 4 aromatic heterocycles. The molecule has 0 N–H and O–H groups in total. The van der Waals surface area contributed by atoms with E-state index in [1.165, 1.54) is 16.9 Å². The molecule has 6 rings (SSSR count). The van der Waals surface area contributed by atoms with Gasteiger partial charge in [0.25, 0.3) is 5.56 Å². The summed E-state index contributed by atoms with van der Waals surface area (Å²) < 4.78 is 19.6. The van der Waals surface area contributed by atoms with Crippen molar-refractivity contribution in [3.63, 3.8) is 0 Å². The minimum absolute atomic E-state index is 0.147. The van der Waals surface area contributed by atoms with Gasteiger partial charge in [-0.05, 0) is 51.0 Å². The zero-order valence-electron chi connectivity index (χ0n) is 18.6. The number of halogens is 1. The third-order valence-electron chi connectivity index (χ3n) is 6.04. The predicted molar refractivity (Wildman–Crippen MR) is 124 cm³/mol. The van der Waals surface area contributed by atoms with Gasteiger partial charge in [-0.1, -0.05) is 6.07 Å². The summed E-state index contributed by atoms with van der Waals surface area (Å²) >= 11 is 0. The van der Waals surface area contributed by atoms with E-state index in [4.69, 9.17) is 0 Å². The highest BCUT2D eigenvalue weighted by Gasteiger charge is 2.26. The molecule has 4 heterocycles. The number of imidazole rings is 1. The lowest BCUT2D eigenvalue weighted by atomic mass is 10.1. The predicted octanol–water partition coefficient (Wildman–Crippen LogP) is 3.82. The minimum Gasteiger partial charge on any atom is -0.310 e. The maximum atomic E-state index is 14.9. The van der Waals surface area contributed by atoms with Crippen molar-refractivity contribution in [2.75, 3.05) is 0 Å². The number of benzene rings is 1. The molecule has 0 aliphatic heterocycles. The van der Waals surface area contributed by atoms with Gasteiger partial charge < -0.3 is 9.13 Å². The molecule has 170 valence electrons. The highest BCUT2D eigenvalue weighted by Crippen LogP contribution is 2.39. The molecule has 0 bridgehead atoms. The first kappa shape index (κ1) is 20.4. The second kappa shape index (κ2) is 7.68. The molecule has 1 aliphatic rings. The molecule has 1 saturated carbocycles. The first-order valence-corrected chi connectivity index (χ1v) is 11.1. The summed E-state index contributed by atoms with van der Waals surface area (Å²) in [6.07, 6.45) is 8.75. The Kier molecular flexibility index (Phi) is 4.61. The average molecular weight is 456 g/mol. The van der Waals surface area contributed by atoms with Crippen LogP contribution in [0.1, 0.15) is 44.3 Å². The van der Waals surface area contributed by atoms with E-state index >= 15 is 0 Å². The standard InChI is InChI=1S/C24H21FN8O/c1-14(2)32-13-27-30-23(32)19-4-3-5-22(29-19)33-24(34)17-9-21(18(25)8-16(17)10-28-33)31-11-20(26-12-31)15-6-7-15/h3-5,8-15H,6-7H2,1-2H3. The molecular formula is C24H21FN8O. The second-order valence-corrected chi connectivity index (χ2v) is 8.77. The van der Waals surface area contributed by atoms with Gasteiger partial charge in [-0.2, -0.15) is 9.78 Å². The van der Waals surface area contributed by atoms with E-state index in [0.717, 1.165) is 18.5 Å². The highest BCUT2D eigenvalue weighted by molar-refractivity contribution is 5.83. The van der Waals surface area contributed by atoms with E-state index in [-0.39, 0.29) is 11.7 Å². The van der Waals surface area contributed by atoms with Gasteiger partial charge in [0.15, 0.2) is 11.6 Å². The van der Waals surface area contributed by atoms with Gasteiger partial charge in [-0.15, -0.1) is 10.2 Å². The minimum atomic E-state index is -0.445. The topological polar surface area (TPSA) is 96.3 Å². The molecule has 0 atom stereocenters. The van der Waals surface area contributed by atoms with Crippen molar-refractivity contribution < 1.29 is 4.39 Å². The Bertz CT molecular complexity index is 1590. The molecule has 0 radical (unpaired) electrons. The number of nitrogens with zero attached hydrogens (tertiary/aromatic N) is 8. The molecule has 10 heteroatoms. The van der Waals surface area contributed by atoms with Crippen LogP contribution in [0.5, 0.6) is 0 Å². The van der Waals surface area contributed by atoms with Crippen LogP contribution in [0, 0.1) is 5.82 Å². The lowest BCUT2D eigenvalue weighted by molar-refractivity contribution is 0.603. The fraction of sp³-hybridized carbons (Fsp3) is 0.250. The zero-order chi connectivity index (χ0) is 23.4. The molecule has 1 aromatic carbocycles. The fourth-order valence-electron chi connectivity index (χ4n) is 4.05. The Balaban J connectivity index is 1.45. The van der Waals surface area contributed by atoms with Crippen LogP contribution in [0.15, 0.2) is 60.2 Å². The Morgan fingerprint density at radius 1 is 1.15 bits per heavy atom. The van der Waals surface area contributed by atoms with Crippen LogP contribution < -0.4 is 5.56 Å². The van der Waals surface area contributed by atoms with Gasteiger partial charge in [0.1, 0.15) is 17.8 Å². The van der Waals surface area contributed by atoms with Gasteiger partial charge >= 0.3 is 0 Å². The van der Waals surface area contributed by atoms with Gasteiger partial charge in [-0.3, -0.25) is 4.79 Å². The van der Waals surface area contributed by atoms with E-state index in [0.29, 0.717) is 34.0 Å². The maximum absolute atomic E-state index is 14.9. The van der Waals surface area contributed by atoms with Crippen LogP contribution in [-0.2, 0) is 0 Å². The second-order valence-electron chi connectivity index (χ2n) is 8.77. The van der Waals surface area contributed by atoms with Crippen molar-refractivity contribution in [3.05, 3.63) is 77.2 Å². The largest absolute Gasteiger partial charge is 0.310 e. The van der Waals surface area contributed by atoms with Gasteiger partial charge in [0.2, 0.25) is 0 Å². The molecule has 0 unspecified atom stereocenters. The monoisotopic (exact) mass is 456 g/mol. The van der Waals surface area contributed by atoms with Crippen LogP contribution in [0.25, 0.3) is 33.8 Å². The lowest BCUT2D eigenvalue weighted by Gasteiger charge is -2.11. The number of hydrogen-bond acceptors (Lipinski definition) is 6. The summed E-state index contributed by atoms with van der Waals surface area (Å²) in [4.78, 5) is 22.4. The van der Waals surface area contributed by atoms with Crippen molar-refractivity contribution in [1.82, 2.24) is 39.1 Å². The Hall–Kier alpha value is -4.21. The molecular weight excluding hydrogens is 435 g/mol. The van der Waals surface area contributed by atoms with Crippen LogP contribution >= 0.6 is 0 Å². The highest BCUT2D eigenvalue weighted by atomic mass is 19.1. The van der Waals surface area contributed by atoms with Crippen molar-refractivity contribution in [2.45, 2.75) is 38.6 Å². The van der Waals surface area contributed by atoms with Gasteiger partial charge in [0, 0.05) is 23.5 Å². The SMILES string of the molecule is CC(C)n1cnnc1-c1cccc(-n2ncc3cc(F)c(-n4cnc(C5CC5)c4)cc3c2=O)n1. The summed E-state index contributed by atoms with van der Waals surface area (Å²) in [5, 5.41) is 13.2. The molecule has 1 fully saturated rings. The number of aromatic nitrogens is 8. The van der Waals surface area contributed by atoms with Crippen molar-refractivity contribution in [2.24, 2.45) is 0 Å². The van der Waals surface area contributed by atoms with Crippen LogP contribution in [0.3, 0.4) is 0 Å². The normalized spacial score (nSPS) is 13.8. The smallest absolute Gasteiger partial charge is 0.280 e. The van der Waals surface area contributed by atoms with Gasteiger partial charge in [0.05, 0.1) is 29.3 Å². The average Bonchev–Trinajstić information content (AvgIpc) is 3.35. The summed E-state index contributed by atoms with van der Waals surface area (Å²) in [6, 6.07) is 8.31. The van der Waals surface area contributed by atoms with Crippen molar-refractivity contribution >= 4 is 10.8 Å². The first-order chi connectivity index (χ1) is 16.5. The molecule has 0 saturated heterocycles. The van der Waals surface area contributed by atoms with Crippen LogP contribution in [0.2, 0.25) is 0 Å². The Labute approximate surface area is 193 Å². The Morgan fingerprint density at radius 3 is 2.79 bits per heavy atom. The van der Waals surface area contributed by atoms with Crippen LogP contribution in [-0.4, -0.2) is 39.1 Å². The molecule has 34 heavy (non-hydrogen) atoms. The lowest BCUT2D eigenvalue weighted by Crippen LogP contribution is -2.22. The van der Waals surface area contributed by atoms with E-state index in [1.54, 1.807) is 35.4 Å². The molecule has 0 spiro atoms. The maximum Gasteiger partial charge on any atom is 0.280 e. The van der Waals surface area contributed by atoms with E-state index in [2.05, 4.69) is 25.3 Å². The zero-order valence-corrected chi connectivity index (χ0v) is 18.6. The molecule has 0 amide bonds. The number of rotatable bonds is 5. The number of hydrogen-bond donors (Lipinski definition) is 0. The molecule has 1 aliphatic carbocycles. The number of pyridine rings is 1. The molecule has 9 nitrogen and oxygen atoms in total. The van der Waals surface area contributed by atoms with E-state index in [9.17, 15) is 9.18 Å². The molecule has 5 aromatic rings. The first-order valence-electron chi connectivity index (χ1n) is 11.1. The van der Waals surface area contributed by atoms with E-state index in [1.807, 2.05) is 30.7 Å². The quantitative estimate of drug-likeness (QED) is 0.399. The third-order valence-corrected chi connectivity index (χ3v) is 6.04. The summed E-state index contributed by atoms with van der Waals surface area (Å²) in [5.74, 6) is 0.944. The van der Waals surface area contributed by atoms with Crippen molar-refractivity contribution in [1.29, 1.82) is 0 Å². The summed E-state index contributed by atoms with van der Waals surface area (Å²) in [5.41, 5.74) is 1.40.